The van der Waals surface area contributed by atoms with Crippen molar-refractivity contribution in [2.45, 2.75) is 13.8 Å². The highest BCUT2D eigenvalue weighted by molar-refractivity contribution is 6.14. The highest BCUT2D eigenvalue weighted by Crippen LogP contribution is 2.31. The lowest BCUT2D eigenvalue weighted by Gasteiger charge is -2.25. The van der Waals surface area contributed by atoms with Crippen molar-refractivity contribution in [2.24, 2.45) is 0 Å². The molecule has 158 valence electrons. The molecule has 0 saturated carbocycles. The SMILES string of the molecule is COC(=O)C1=C(C(=O)OC)N(c2ccccc2C(=O)c2cc(C)cc(C)c2)C=CC=C1. The Morgan fingerprint density at radius 3 is 2.13 bits per heavy atom. The highest BCUT2D eigenvalue weighted by Gasteiger charge is 2.29. The van der Waals surface area contributed by atoms with E-state index >= 15 is 0 Å². The summed E-state index contributed by atoms with van der Waals surface area (Å²) in [6.07, 6.45) is 6.36. The first-order valence-corrected chi connectivity index (χ1v) is 9.64. The van der Waals surface area contributed by atoms with Crippen LogP contribution in [0.1, 0.15) is 27.0 Å². The standard InChI is InChI=1S/C25H23NO5/c1-16-13-17(2)15-18(14-16)23(27)19-9-5-6-11-21(19)26-12-8-7-10-20(24(28)30-3)22(26)25(29)31-4/h5-15H,1-4H3. The number of para-hydroxylation sites is 1. The van der Waals surface area contributed by atoms with Gasteiger partial charge in [-0.05, 0) is 50.3 Å². The molecule has 6 nitrogen and oxygen atoms in total. The monoisotopic (exact) mass is 417 g/mol. The lowest BCUT2D eigenvalue weighted by Crippen LogP contribution is -2.28. The normalized spacial score (nSPS) is 13.1. The van der Waals surface area contributed by atoms with E-state index in [1.807, 2.05) is 32.0 Å². The maximum Gasteiger partial charge on any atom is 0.355 e. The summed E-state index contributed by atoms with van der Waals surface area (Å²) in [5.41, 5.74) is 3.29. The maximum absolute atomic E-state index is 13.4. The molecule has 0 unspecified atom stereocenters. The summed E-state index contributed by atoms with van der Waals surface area (Å²) in [4.78, 5) is 40.0. The molecule has 1 aliphatic heterocycles. The number of anilines is 1. The molecule has 0 atom stereocenters. The van der Waals surface area contributed by atoms with Crippen LogP contribution >= 0.6 is 0 Å². The molecule has 0 radical (unpaired) electrons. The predicted molar refractivity (Wildman–Crippen MR) is 118 cm³/mol. The number of methoxy groups -OCH3 is 2. The highest BCUT2D eigenvalue weighted by atomic mass is 16.5. The molecule has 0 fully saturated rings. The van der Waals surface area contributed by atoms with E-state index < -0.39 is 11.9 Å². The Labute approximate surface area is 181 Å². The summed E-state index contributed by atoms with van der Waals surface area (Å²) >= 11 is 0. The van der Waals surface area contributed by atoms with Crippen LogP contribution in [0, 0.1) is 13.8 Å². The van der Waals surface area contributed by atoms with E-state index in [2.05, 4.69) is 0 Å². The fraction of sp³-hybridized carbons (Fsp3) is 0.160. The molecule has 0 spiro atoms. The second kappa shape index (κ2) is 9.26. The van der Waals surface area contributed by atoms with Gasteiger partial charge in [0.15, 0.2) is 5.78 Å². The van der Waals surface area contributed by atoms with Crippen LogP contribution in [0.25, 0.3) is 0 Å². The van der Waals surface area contributed by atoms with Crippen molar-refractivity contribution in [3.8, 4) is 0 Å². The van der Waals surface area contributed by atoms with E-state index in [1.165, 1.54) is 25.2 Å². The van der Waals surface area contributed by atoms with Gasteiger partial charge in [-0.3, -0.25) is 4.79 Å². The van der Waals surface area contributed by atoms with Crippen LogP contribution in [-0.2, 0) is 19.1 Å². The lowest BCUT2D eigenvalue weighted by molar-refractivity contribution is -0.139. The summed E-state index contributed by atoms with van der Waals surface area (Å²) < 4.78 is 9.79. The topological polar surface area (TPSA) is 72.9 Å². The second-order valence-electron chi connectivity index (χ2n) is 7.04. The number of carbonyl (C=O) groups excluding carboxylic acids is 3. The molecular formula is C25H23NO5. The van der Waals surface area contributed by atoms with Crippen LogP contribution in [0.3, 0.4) is 0 Å². The van der Waals surface area contributed by atoms with E-state index in [0.717, 1.165) is 11.1 Å². The van der Waals surface area contributed by atoms with E-state index in [1.54, 1.807) is 42.6 Å². The summed E-state index contributed by atoms with van der Waals surface area (Å²) in [6, 6.07) is 12.5. The minimum absolute atomic E-state index is 0.0213. The first kappa shape index (κ1) is 21.8. The van der Waals surface area contributed by atoms with Gasteiger partial charge < -0.3 is 14.4 Å². The number of aryl methyl sites for hydroxylation is 2. The van der Waals surface area contributed by atoms with Gasteiger partial charge in [0.05, 0.1) is 25.5 Å². The molecule has 0 aromatic heterocycles. The third-order valence-electron chi connectivity index (χ3n) is 4.78. The fourth-order valence-electron chi connectivity index (χ4n) is 3.49. The van der Waals surface area contributed by atoms with Crippen molar-refractivity contribution in [1.82, 2.24) is 0 Å². The van der Waals surface area contributed by atoms with Crippen molar-refractivity contribution in [3.05, 3.63) is 100 Å². The first-order valence-electron chi connectivity index (χ1n) is 9.64. The Bertz CT molecular complexity index is 1120. The van der Waals surface area contributed by atoms with Gasteiger partial charge in [0.25, 0.3) is 0 Å². The first-order chi connectivity index (χ1) is 14.9. The Hall–Kier alpha value is -3.93. The van der Waals surface area contributed by atoms with Crippen molar-refractivity contribution in [1.29, 1.82) is 0 Å². The van der Waals surface area contributed by atoms with E-state index in [0.29, 0.717) is 16.8 Å². The summed E-state index contributed by atoms with van der Waals surface area (Å²) in [5.74, 6) is -1.62. The van der Waals surface area contributed by atoms with Gasteiger partial charge in [0.1, 0.15) is 5.70 Å². The quantitative estimate of drug-likeness (QED) is 0.540. The molecule has 31 heavy (non-hydrogen) atoms. The number of esters is 2. The molecular weight excluding hydrogens is 394 g/mol. The van der Waals surface area contributed by atoms with Crippen LogP contribution in [0.4, 0.5) is 5.69 Å². The largest absolute Gasteiger partial charge is 0.465 e. The molecule has 6 heteroatoms. The third kappa shape index (κ3) is 4.48. The van der Waals surface area contributed by atoms with Crippen LogP contribution < -0.4 is 4.90 Å². The molecule has 2 aromatic carbocycles. The number of ether oxygens (including phenoxy) is 2. The van der Waals surface area contributed by atoms with Gasteiger partial charge in [-0.15, -0.1) is 0 Å². The zero-order chi connectivity index (χ0) is 22.5. The molecule has 1 aliphatic rings. The second-order valence-corrected chi connectivity index (χ2v) is 7.04. The molecule has 0 amide bonds. The van der Waals surface area contributed by atoms with Gasteiger partial charge in [0, 0.05) is 17.3 Å². The fourth-order valence-corrected chi connectivity index (χ4v) is 3.49. The summed E-state index contributed by atoms with van der Waals surface area (Å²) in [5, 5.41) is 0. The van der Waals surface area contributed by atoms with Gasteiger partial charge in [-0.2, -0.15) is 0 Å². The van der Waals surface area contributed by atoms with Gasteiger partial charge in [-0.25, -0.2) is 9.59 Å². The number of carbonyl (C=O) groups is 3. The van der Waals surface area contributed by atoms with Gasteiger partial charge in [0.2, 0.25) is 0 Å². The number of allylic oxidation sites excluding steroid dienone is 2. The number of rotatable bonds is 5. The minimum Gasteiger partial charge on any atom is -0.465 e. The van der Waals surface area contributed by atoms with E-state index in [-0.39, 0.29) is 17.1 Å². The number of hydrogen-bond donors (Lipinski definition) is 0. The maximum atomic E-state index is 13.4. The van der Waals surface area contributed by atoms with E-state index in [4.69, 9.17) is 9.47 Å². The number of hydrogen-bond acceptors (Lipinski definition) is 6. The number of benzene rings is 2. The molecule has 0 N–H and O–H groups in total. The molecule has 0 saturated heterocycles. The Morgan fingerprint density at radius 2 is 1.48 bits per heavy atom. The van der Waals surface area contributed by atoms with Crippen molar-refractivity contribution in [2.75, 3.05) is 19.1 Å². The summed E-state index contributed by atoms with van der Waals surface area (Å²) in [6.45, 7) is 3.86. The molecule has 2 aromatic rings. The molecule has 3 rings (SSSR count). The lowest BCUT2D eigenvalue weighted by atomic mass is 9.97. The molecule has 0 bridgehead atoms. The van der Waals surface area contributed by atoms with Crippen LogP contribution in [0.5, 0.6) is 0 Å². The van der Waals surface area contributed by atoms with Gasteiger partial charge >= 0.3 is 11.9 Å². The Balaban J connectivity index is 2.21. The molecule has 1 heterocycles. The minimum atomic E-state index is -0.731. The summed E-state index contributed by atoms with van der Waals surface area (Å²) in [7, 11) is 2.46. The van der Waals surface area contributed by atoms with Gasteiger partial charge in [-0.1, -0.05) is 35.4 Å². The zero-order valence-corrected chi connectivity index (χ0v) is 17.8. The molecule has 0 aliphatic carbocycles. The van der Waals surface area contributed by atoms with Crippen molar-refractivity contribution < 1.29 is 23.9 Å². The van der Waals surface area contributed by atoms with E-state index in [9.17, 15) is 14.4 Å². The number of ketones is 1. The average molecular weight is 417 g/mol. The zero-order valence-electron chi connectivity index (χ0n) is 17.8. The van der Waals surface area contributed by atoms with Crippen LogP contribution in [0.2, 0.25) is 0 Å². The average Bonchev–Trinajstić information content (AvgIpc) is 2.99. The smallest absolute Gasteiger partial charge is 0.355 e. The number of nitrogens with zero attached hydrogens (tertiary/aromatic N) is 1. The van der Waals surface area contributed by atoms with Crippen LogP contribution in [-0.4, -0.2) is 31.9 Å². The van der Waals surface area contributed by atoms with Crippen LogP contribution in [0.15, 0.2) is 78.2 Å². The predicted octanol–water partition coefficient (Wildman–Crippen LogP) is 4.02. The van der Waals surface area contributed by atoms with Crippen molar-refractivity contribution >= 4 is 23.4 Å². The van der Waals surface area contributed by atoms with Crippen molar-refractivity contribution in [3.63, 3.8) is 0 Å². The Kier molecular flexibility index (Phi) is 6.50. The third-order valence-corrected chi connectivity index (χ3v) is 4.78. The Morgan fingerprint density at radius 1 is 0.839 bits per heavy atom.